The fourth-order valence-electron chi connectivity index (χ4n) is 3.14. The Labute approximate surface area is 161 Å². The highest BCUT2D eigenvalue weighted by Gasteiger charge is 2.22. The summed E-state index contributed by atoms with van der Waals surface area (Å²) < 4.78 is 16.3. The van der Waals surface area contributed by atoms with Gasteiger partial charge < -0.3 is 14.2 Å². The Hall–Kier alpha value is -2.43. The predicted octanol–water partition coefficient (Wildman–Crippen LogP) is 5.20. The molecule has 4 heteroatoms. The summed E-state index contributed by atoms with van der Waals surface area (Å²) in [4.78, 5) is 4.80. The van der Waals surface area contributed by atoms with Crippen molar-refractivity contribution in [2.75, 3.05) is 20.8 Å². The van der Waals surface area contributed by atoms with Crippen LogP contribution >= 0.6 is 0 Å². The molecule has 27 heavy (non-hydrogen) atoms. The van der Waals surface area contributed by atoms with Crippen LogP contribution in [0.3, 0.4) is 0 Å². The van der Waals surface area contributed by atoms with Gasteiger partial charge in [-0.15, -0.1) is 0 Å². The Kier molecular flexibility index (Phi) is 5.78. The summed E-state index contributed by atoms with van der Waals surface area (Å²) in [6.45, 7) is 6.90. The number of ether oxygens (including phenoxy) is 3. The van der Waals surface area contributed by atoms with Gasteiger partial charge in [0.05, 0.1) is 5.69 Å². The second kappa shape index (κ2) is 8.07. The average molecular weight is 365 g/mol. The van der Waals surface area contributed by atoms with E-state index in [-0.39, 0.29) is 5.41 Å². The first-order valence-electron chi connectivity index (χ1n) is 9.11. The van der Waals surface area contributed by atoms with Gasteiger partial charge in [0.1, 0.15) is 12.4 Å². The largest absolute Gasteiger partial charge is 0.488 e. The molecule has 0 fully saturated rings. The van der Waals surface area contributed by atoms with Crippen LogP contribution in [0.1, 0.15) is 26.5 Å². The summed E-state index contributed by atoms with van der Waals surface area (Å²) in [6, 6.07) is 16.5. The van der Waals surface area contributed by atoms with E-state index >= 15 is 0 Å². The molecule has 0 saturated heterocycles. The van der Waals surface area contributed by atoms with Gasteiger partial charge >= 0.3 is 0 Å². The molecule has 3 aromatic rings. The molecule has 3 rings (SSSR count). The van der Waals surface area contributed by atoms with Crippen LogP contribution in [-0.2, 0) is 14.9 Å². The molecule has 2 aromatic carbocycles. The van der Waals surface area contributed by atoms with Gasteiger partial charge in [-0.3, -0.25) is 4.98 Å². The Bertz CT molecular complexity index is 897. The van der Waals surface area contributed by atoms with Crippen LogP contribution in [0.4, 0.5) is 0 Å². The fraction of sp³-hybridized carbons (Fsp3) is 0.348. The van der Waals surface area contributed by atoms with E-state index in [1.54, 1.807) is 14.2 Å². The van der Waals surface area contributed by atoms with Crippen LogP contribution in [0, 0.1) is 0 Å². The zero-order chi connectivity index (χ0) is 19.4. The second-order valence-electron chi connectivity index (χ2n) is 7.56. The smallest absolute Gasteiger partial charge is 0.191 e. The summed E-state index contributed by atoms with van der Waals surface area (Å²) in [5.41, 5.74) is 3.31. The third-order valence-electron chi connectivity index (χ3n) is 4.55. The van der Waals surface area contributed by atoms with Crippen LogP contribution in [0.2, 0.25) is 0 Å². The Balaban J connectivity index is 2.13. The molecule has 0 bridgehead atoms. The van der Waals surface area contributed by atoms with E-state index in [9.17, 15) is 0 Å². The highest BCUT2D eigenvalue weighted by Crippen LogP contribution is 2.38. The Morgan fingerprint density at radius 1 is 0.963 bits per heavy atom. The van der Waals surface area contributed by atoms with E-state index in [1.807, 2.05) is 24.4 Å². The van der Waals surface area contributed by atoms with Crippen molar-refractivity contribution in [2.45, 2.75) is 32.5 Å². The highest BCUT2D eigenvalue weighted by molar-refractivity contribution is 5.98. The number of fused-ring (bicyclic) bond motifs is 1. The molecule has 1 aromatic heterocycles. The lowest BCUT2D eigenvalue weighted by atomic mass is 9.84. The van der Waals surface area contributed by atoms with E-state index in [0.29, 0.717) is 6.61 Å². The van der Waals surface area contributed by atoms with Gasteiger partial charge in [-0.05, 0) is 29.1 Å². The topological polar surface area (TPSA) is 40.6 Å². The van der Waals surface area contributed by atoms with Crippen molar-refractivity contribution in [3.63, 3.8) is 0 Å². The first kappa shape index (κ1) is 19.3. The van der Waals surface area contributed by atoms with Crippen molar-refractivity contribution >= 4 is 10.8 Å². The monoisotopic (exact) mass is 365 g/mol. The van der Waals surface area contributed by atoms with E-state index in [4.69, 9.17) is 19.2 Å². The first-order valence-corrected chi connectivity index (χ1v) is 9.11. The van der Waals surface area contributed by atoms with Gasteiger partial charge in [0.25, 0.3) is 0 Å². The van der Waals surface area contributed by atoms with Crippen LogP contribution in [0.5, 0.6) is 5.75 Å². The van der Waals surface area contributed by atoms with Crippen LogP contribution in [0.15, 0.2) is 54.7 Å². The molecule has 0 N–H and O–H groups in total. The number of aromatic nitrogens is 1. The van der Waals surface area contributed by atoms with E-state index in [1.165, 1.54) is 0 Å². The number of hydrogen-bond acceptors (Lipinski definition) is 4. The molecule has 0 aliphatic heterocycles. The SMILES string of the molecule is COC(COc1ccc2cnc(C(C)(C)C)c(-c3ccccc3)c2c1)OC. The fourth-order valence-corrected chi connectivity index (χ4v) is 3.14. The summed E-state index contributed by atoms with van der Waals surface area (Å²) in [7, 11) is 3.21. The lowest BCUT2D eigenvalue weighted by Gasteiger charge is -2.23. The molecule has 0 aliphatic rings. The zero-order valence-corrected chi connectivity index (χ0v) is 16.7. The van der Waals surface area contributed by atoms with Gasteiger partial charge in [-0.1, -0.05) is 51.1 Å². The highest BCUT2D eigenvalue weighted by atomic mass is 16.7. The maximum atomic E-state index is 5.90. The van der Waals surface area contributed by atoms with E-state index < -0.39 is 6.29 Å². The van der Waals surface area contributed by atoms with Crippen molar-refractivity contribution in [3.8, 4) is 16.9 Å². The molecule has 0 atom stereocenters. The molecule has 1 heterocycles. The second-order valence-corrected chi connectivity index (χ2v) is 7.56. The van der Waals surface area contributed by atoms with Gasteiger partial charge in [0.15, 0.2) is 6.29 Å². The van der Waals surface area contributed by atoms with Crippen molar-refractivity contribution in [3.05, 3.63) is 60.4 Å². The Morgan fingerprint density at radius 2 is 1.67 bits per heavy atom. The molecule has 142 valence electrons. The maximum Gasteiger partial charge on any atom is 0.191 e. The van der Waals surface area contributed by atoms with E-state index in [2.05, 4.69) is 51.1 Å². The molecule has 0 aliphatic carbocycles. The van der Waals surface area contributed by atoms with Crippen LogP contribution in [0.25, 0.3) is 21.9 Å². The molecular formula is C23H27NO3. The number of nitrogens with zero attached hydrogens (tertiary/aromatic N) is 1. The minimum absolute atomic E-state index is 0.0760. The average Bonchev–Trinajstić information content (AvgIpc) is 2.67. The number of methoxy groups -OCH3 is 2. The minimum Gasteiger partial charge on any atom is -0.488 e. The number of hydrogen-bond donors (Lipinski definition) is 0. The molecule has 0 radical (unpaired) electrons. The van der Waals surface area contributed by atoms with Crippen molar-refractivity contribution in [1.82, 2.24) is 4.98 Å². The van der Waals surface area contributed by atoms with Gasteiger partial charge in [-0.2, -0.15) is 0 Å². The molecular weight excluding hydrogens is 338 g/mol. The third-order valence-corrected chi connectivity index (χ3v) is 4.55. The standard InChI is InChI=1S/C23H27NO3/c1-23(2,3)22-21(16-9-7-6-8-10-16)19-13-18(12-11-17(19)14-24-22)27-15-20(25-4)26-5/h6-14,20H,15H2,1-5H3. The van der Waals surface area contributed by atoms with Crippen LogP contribution < -0.4 is 4.74 Å². The number of rotatable bonds is 6. The van der Waals surface area contributed by atoms with Gasteiger partial charge in [0, 0.05) is 36.8 Å². The summed E-state index contributed by atoms with van der Waals surface area (Å²) in [5, 5.41) is 2.22. The van der Waals surface area contributed by atoms with Crippen molar-refractivity contribution in [2.24, 2.45) is 0 Å². The van der Waals surface area contributed by atoms with Crippen molar-refractivity contribution < 1.29 is 14.2 Å². The number of pyridine rings is 1. The van der Waals surface area contributed by atoms with Gasteiger partial charge in [-0.25, -0.2) is 0 Å². The normalized spacial score (nSPS) is 11.9. The van der Waals surface area contributed by atoms with Gasteiger partial charge in [0.2, 0.25) is 0 Å². The summed E-state index contributed by atoms with van der Waals surface area (Å²) in [6.07, 6.45) is 1.55. The lowest BCUT2D eigenvalue weighted by Crippen LogP contribution is -2.22. The molecule has 0 unspecified atom stereocenters. The molecule has 0 spiro atoms. The maximum absolute atomic E-state index is 5.90. The predicted molar refractivity (Wildman–Crippen MR) is 109 cm³/mol. The quantitative estimate of drug-likeness (QED) is 0.563. The lowest BCUT2D eigenvalue weighted by molar-refractivity contribution is -0.121. The third kappa shape index (κ3) is 4.29. The van der Waals surface area contributed by atoms with Crippen LogP contribution in [-0.4, -0.2) is 32.1 Å². The molecule has 4 nitrogen and oxygen atoms in total. The van der Waals surface area contributed by atoms with Crippen molar-refractivity contribution in [1.29, 1.82) is 0 Å². The summed E-state index contributed by atoms with van der Waals surface area (Å²) >= 11 is 0. The first-order chi connectivity index (χ1) is 12.9. The molecule has 0 saturated carbocycles. The number of benzene rings is 2. The Morgan fingerprint density at radius 3 is 2.30 bits per heavy atom. The molecule has 0 amide bonds. The van der Waals surface area contributed by atoms with E-state index in [0.717, 1.165) is 33.3 Å². The zero-order valence-electron chi connectivity index (χ0n) is 16.7. The minimum atomic E-state index is -0.392. The summed E-state index contributed by atoms with van der Waals surface area (Å²) in [5.74, 6) is 0.782.